The zero-order valence-electron chi connectivity index (χ0n) is 26.9. The van der Waals surface area contributed by atoms with Crippen molar-refractivity contribution in [2.45, 2.75) is 32.4 Å². The number of fused-ring (bicyclic) bond motifs is 4. The van der Waals surface area contributed by atoms with E-state index < -0.39 is 5.97 Å². The number of piperidine rings is 1. The Hall–Kier alpha value is -5.48. The Bertz CT molecular complexity index is 2410. The van der Waals surface area contributed by atoms with Gasteiger partial charge in [-0.3, -0.25) is 14.8 Å². The molecule has 0 aliphatic carbocycles. The SMILES string of the molecule is O=C(O)c1[nH]c2ncnc(Nc3ccc4c(c3)C=NC4)c2c1Br.O=C(c1[nH]c2ncnc(Nc3ccc4c(c3)C=NC4)c2c1Br)N1CCCCC1. The van der Waals surface area contributed by atoms with Crippen molar-refractivity contribution < 1.29 is 14.7 Å². The van der Waals surface area contributed by atoms with E-state index in [1.807, 2.05) is 41.6 Å². The molecule has 0 saturated carbocycles. The summed E-state index contributed by atoms with van der Waals surface area (Å²) in [5.74, 6) is 0.125. The fourth-order valence-electron chi connectivity index (χ4n) is 6.34. The van der Waals surface area contributed by atoms with Crippen molar-refractivity contribution >= 4 is 101 Å². The number of H-pyrrole nitrogens is 2. The lowest BCUT2D eigenvalue weighted by Gasteiger charge is -2.26. The summed E-state index contributed by atoms with van der Waals surface area (Å²) in [6, 6.07) is 12.1. The highest BCUT2D eigenvalue weighted by molar-refractivity contribution is 9.11. The van der Waals surface area contributed by atoms with Crippen LogP contribution in [-0.4, -0.2) is 77.3 Å². The smallest absolute Gasteiger partial charge is 0.353 e. The van der Waals surface area contributed by atoms with Gasteiger partial charge in [0.15, 0.2) is 0 Å². The molecule has 5 N–H and O–H groups in total. The molecular formula is C35H29Br2N11O3. The molecule has 2 aromatic carbocycles. The molecule has 0 atom stereocenters. The number of hydrogen-bond donors (Lipinski definition) is 5. The van der Waals surface area contributed by atoms with Gasteiger partial charge >= 0.3 is 5.97 Å². The zero-order valence-corrected chi connectivity index (χ0v) is 30.0. The first-order valence-electron chi connectivity index (χ1n) is 16.2. The largest absolute Gasteiger partial charge is 0.477 e. The molecule has 3 aliphatic heterocycles. The van der Waals surface area contributed by atoms with Crippen molar-refractivity contribution in [2.24, 2.45) is 9.98 Å². The molecule has 51 heavy (non-hydrogen) atoms. The van der Waals surface area contributed by atoms with Crippen LogP contribution >= 0.6 is 31.9 Å². The lowest BCUT2D eigenvalue weighted by atomic mass is 10.1. The fraction of sp³-hybridized carbons (Fsp3) is 0.200. The number of anilines is 4. The Balaban J connectivity index is 0.000000150. The van der Waals surface area contributed by atoms with Crippen LogP contribution in [0.15, 0.2) is 68.0 Å². The average molecular weight is 811 g/mol. The Morgan fingerprint density at radius 2 is 1.22 bits per heavy atom. The van der Waals surface area contributed by atoms with Gasteiger partial charge < -0.3 is 30.6 Å². The van der Waals surface area contributed by atoms with Gasteiger partial charge in [0.2, 0.25) is 0 Å². The molecule has 14 nitrogen and oxygen atoms in total. The second-order valence-corrected chi connectivity index (χ2v) is 13.8. The van der Waals surface area contributed by atoms with Crippen molar-refractivity contribution in [1.29, 1.82) is 0 Å². The van der Waals surface area contributed by atoms with Crippen molar-refractivity contribution in [2.75, 3.05) is 23.7 Å². The number of likely N-dealkylation sites (tertiary alicyclic amines) is 1. The van der Waals surface area contributed by atoms with E-state index in [0.29, 0.717) is 49.5 Å². The molecule has 1 saturated heterocycles. The number of carboxylic acids is 1. The van der Waals surface area contributed by atoms with Crippen LogP contribution < -0.4 is 10.6 Å². The van der Waals surface area contributed by atoms with Crippen LogP contribution in [0.5, 0.6) is 0 Å². The van der Waals surface area contributed by atoms with E-state index in [-0.39, 0.29) is 11.6 Å². The van der Waals surface area contributed by atoms with Crippen LogP contribution in [0.3, 0.4) is 0 Å². The molecule has 4 aromatic heterocycles. The average Bonchev–Trinajstić information content (AvgIpc) is 3.94. The third-order valence-corrected chi connectivity index (χ3v) is 10.5. The van der Waals surface area contributed by atoms with Crippen LogP contribution in [0.2, 0.25) is 0 Å². The number of halogens is 2. The summed E-state index contributed by atoms with van der Waals surface area (Å²) < 4.78 is 1.12. The van der Waals surface area contributed by atoms with Crippen LogP contribution in [0.4, 0.5) is 23.0 Å². The first-order valence-corrected chi connectivity index (χ1v) is 17.8. The second kappa shape index (κ2) is 13.7. The number of carbonyl (C=O) groups excluding carboxylic acids is 1. The standard InChI is InChI=1S/C20H19BrN6O.C15H10BrN5O2/c21-16-15-18(25-14-5-4-12-9-22-10-13(12)8-14)23-11-24-19(15)26-17(16)20(28)27-6-2-1-3-7-27;16-11-10-13(18-6-19-14(10)21-12(11)15(22)23)20-9-2-1-7-4-17-5-8(7)3-9/h4-5,8,10-11H,1-3,6-7,9H2,(H2,23,24,25,26);1-3,5-6H,4H2,(H,22,23)(H2,18,19,20,21). The molecule has 6 aromatic rings. The summed E-state index contributed by atoms with van der Waals surface area (Å²) in [4.78, 5) is 57.6. The number of amides is 1. The molecule has 9 rings (SSSR count). The van der Waals surface area contributed by atoms with Crippen molar-refractivity contribution in [3.05, 3.63) is 91.6 Å². The minimum atomic E-state index is -1.06. The van der Waals surface area contributed by atoms with Crippen molar-refractivity contribution in [3.8, 4) is 0 Å². The fourth-order valence-corrected chi connectivity index (χ4v) is 7.63. The molecule has 0 spiro atoms. The van der Waals surface area contributed by atoms with Crippen LogP contribution in [0.25, 0.3) is 22.1 Å². The molecule has 0 unspecified atom stereocenters. The summed E-state index contributed by atoms with van der Waals surface area (Å²) in [5, 5.41) is 17.2. The Morgan fingerprint density at radius 1 is 0.706 bits per heavy atom. The normalized spacial score (nSPS) is 14.4. The quantitative estimate of drug-likeness (QED) is 0.117. The van der Waals surface area contributed by atoms with Gasteiger partial charge in [-0.25, -0.2) is 24.7 Å². The lowest BCUT2D eigenvalue weighted by molar-refractivity contribution is 0.0688. The first kappa shape index (κ1) is 32.7. The van der Waals surface area contributed by atoms with Crippen LogP contribution in [0.1, 0.15) is 62.5 Å². The van der Waals surface area contributed by atoms with E-state index >= 15 is 0 Å². The molecule has 1 fully saturated rings. The number of hydrogen-bond acceptors (Lipinski definition) is 10. The maximum atomic E-state index is 13.0. The number of nitrogens with one attached hydrogen (secondary N) is 4. The maximum Gasteiger partial charge on any atom is 0.353 e. The summed E-state index contributed by atoms with van der Waals surface area (Å²) in [6.07, 6.45) is 9.90. The predicted molar refractivity (Wildman–Crippen MR) is 202 cm³/mol. The Labute approximate surface area is 307 Å². The number of aromatic amines is 2. The van der Waals surface area contributed by atoms with E-state index in [4.69, 9.17) is 0 Å². The maximum absolute atomic E-state index is 13.0. The molecule has 256 valence electrons. The second-order valence-electron chi connectivity index (χ2n) is 12.2. The molecule has 7 heterocycles. The van der Waals surface area contributed by atoms with Gasteiger partial charge in [-0.2, -0.15) is 0 Å². The highest BCUT2D eigenvalue weighted by Crippen LogP contribution is 2.35. The minimum Gasteiger partial charge on any atom is -0.477 e. The highest BCUT2D eigenvalue weighted by Gasteiger charge is 2.25. The number of rotatable bonds is 6. The van der Waals surface area contributed by atoms with Crippen molar-refractivity contribution in [1.82, 2.24) is 34.8 Å². The third-order valence-electron chi connectivity index (χ3n) is 8.93. The number of nitrogens with zero attached hydrogens (tertiary/aromatic N) is 7. The molecule has 16 heteroatoms. The van der Waals surface area contributed by atoms with Gasteiger partial charge in [0.1, 0.15) is 47.0 Å². The van der Waals surface area contributed by atoms with Crippen molar-refractivity contribution in [3.63, 3.8) is 0 Å². The topological polar surface area (TPSA) is 190 Å². The molecule has 0 bridgehead atoms. The number of aromatic nitrogens is 6. The van der Waals surface area contributed by atoms with Gasteiger partial charge in [0, 0.05) is 36.9 Å². The van der Waals surface area contributed by atoms with Crippen LogP contribution in [-0.2, 0) is 13.1 Å². The van der Waals surface area contributed by atoms with Gasteiger partial charge in [-0.1, -0.05) is 12.1 Å². The van der Waals surface area contributed by atoms with Gasteiger partial charge in [-0.15, -0.1) is 0 Å². The van der Waals surface area contributed by atoms with E-state index in [1.54, 1.807) is 0 Å². The van der Waals surface area contributed by atoms with Crippen LogP contribution in [0, 0.1) is 0 Å². The summed E-state index contributed by atoms with van der Waals surface area (Å²) in [5.41, 5.74) is 8.01. The monoisotopic (exact) mass is 809 g/mol. The highest BCUT2D eigenvalue weighted by atomic mass is 79.9. The molecule has 3 aliphatic rings. The minimum absolute atomic E-state index is 0.00395. The molecular weight excluding hydrogens is 782 g/mol. The van der Waals surface area contributed by atoms with E-state index in [1.165, 1.54) is 30.2 Å². The third kappa shape index (κ3) is 6.36. The Morgan fingerprint density at radius 3 is 1.75 bits per heavy atom. The zero-order chi connectivity index (χ0) is 35.1. The van der Waals surface area contributed by atoms with Gasteiger partial charge in [0.05, 0.1) is 32.8 Å². The van der Waals surface area contributed by atoms with Gasteiger partial charge in [0.25, 0.3) is 5.91 Å². The number of carboxylic acid groups (broad SMARTS) is 1. The van der Waals surface area contributed by atoms with E-state index in [2.05, 4.69) is 94.5 Å². The Kier molecular flexibility index (Phi) is 8.77. The number of aliphatic imine (C=N–C) groups is 2. The molecule has 1 amide bonds. The lowest BCUT2D eigenvalue weighted by Crippen LogP contribution is -2.35. The summed E-state index contributed by atoms with van der Waals surface area (Å²) in [6.45, 7) is 3.04. The predicted octanol–water partition coefficient (Wildman–Crippen LogP) is 7.12. The summed E-state index contributed by atoms with van der Waals surface area (Å²) >= 11 is 6.93. The number of carbonyl (C=O) groups is 2. The number of aromatic carboxylic acids is 1. The summed E-state index contributed by atoms with van der Waals surface area (Å²) in [7, 11) is 0. The van der Waals surface area contributed by atoms with Gasteiger partial charge in [-0.05, 0) is 97.6 Å². The molecule has 0 radical (unpaired) electrons. The van der Waals surface area contributed by atoms with E-state index in [9.17, 15) is 14.7 Å². The number of benzene rings is 2. The first-order chi connectivity index (χ1) is 24.8. The van der Waals surface area contributed by atoms with E-state index in [0.717, 1.165) is 60.4 Å².